The maximum Gasteiger partial charge on any atom is 0.331 e. The number of hydrogen-bond donors (Lipinski definition) is 2. The van der Waals surface area contributed by atoms with E-state index in [1.165, 1.54) is 0 Å². The van der Waals surface area contributed by atoms with Gasteiger partial charge in [0.15, 0.2) is 0 Å². The first-order chi connectivity index (χ1) is 9.40. The molecule has 5 nitrogen and oxygen atoms in total. The van der Waals surface area contributed by atoms with E-state index in [2.05, 4.69) is 13.8 Å². The van der Waals surface area contributed by atoms with Crippen LogP contribution in [0, 0.1) is 5.82 Å². The monoisotopic (exact) mass is 278 g/mol. The molecule has 2 aromatic rings. The Bertz CT molecular complexity index is 730. The van der Waals surface area contributed by atoms with Crippen LogP contribution in [0.3, 0.4) is 0 Å². The second kappa shape index (κ2) is 5.32. The number of aromatic hydroxyl groups is 1. The van der Waals surface area contributed by atoms with Crippen LogP contribution in [0.15, 0.2) is 33.9 Å². The van der Waals surface area contributed by atoms with Gasteiger partial charge in [-0.05, 0) is 17.0 Å². The molecule has 2 rings (SSSR count). The van der Waals surface area contributed by atoms with E-state index in [0.29, 0.717) is 5.92 Å². The van der Waals surface area contributed by atoms with Crippen molar-refractivity contribution < 1.29 is 9.50 Å². The zero-order valence-corrected chi connectivity index (χ0v) is 11.2. The van der Waals surface area contributed by atoms with Crippen molar-refractivity contribution in [2.75, 3.05) is 0 Å². The van der Waals surface area contributed by atoms with Gasteiger partial charge >= 0.3 is 5.69 Å². The third-order valence-corrected chi connectivity index (χ3v) is 3.10. The number of rotatable bonds is 3. The summed E-state index contributed by atoms with van der Waals surface area (Å²) in [7, 11) is 0. The van der Waals surface area contributed by atoms with Gasteiger partial charge in [0.05, 0.1) is 6.54 Å². The van der Waals surface area contributed by atoms with Gasteiger partial charge in [-0.25, -0.2) is 4.79 Å². The first-order valence-electron chi connectivity index (χ1n) is 6.20. The molecule has 0 aliphatic carbocycles. The summed E-state index contributed by atoms with van der Waals surface area (Å²) in [4.78, 5) is 24.4. The summed E-state index contributed by atoms with van der Waals surface area (Å²) in [6, 6.07) is 7.41. The lowest BCUT2D eigenvalue weighted by Gasteiger charge is -2.10. The quantitative estimate of drug-likeness (QED) is 0.894. The van der Waals surface area contributed by atoms with Crippen molar-refractivity contribution in [1.82, 2.24) is 9.55 Å². The standard InChI is InChI=1S/C14H15FN2O3/c1-8(2)10-5-3-9(4-6-10)7-17-13(19)11(15)12(18)16-14(17)20/h3-6,8,19H,7H2,1-2H3,(H,16,18,20). The predicted octanol–water partition coefficient (Wildman–Crippen LogP) is 1.55. The number of halogens is 1. The van der Waals surface area contributed by atoms with Crippen molar-refractivity contribution in [1.29, 1.82) is 0 Å². The zero-order chi connectivity index (χ0) is 14.9. The predicted molar refractivity (Wildman–Crippen MR) is 72.6 cm³/mol. The third-order valence-electron chi connectivity index (χ3n) is 3.10. The van der Waals surface area contributed by atoms with Gasteiger partial charge in [-0.15, -0.1) is 0 Å². The number of H-pyrrole nitrogens is 1. The van der Waals surface area contributed by atoms with Gasteiger partial charge in [-0.1, -0.05) is 38.1 Å². The molecule has 0 saturated carbocycles. The molecule has 20 heavy (non-hydrogen) atoms. The van der Waals surface area contributed by atoms with Crippen molar-refractivity contribution in [3.63, 3.8) is 0 Å². The van der Waals surface area contributed by atoms with Crippen LogP contribution >= 0.6 is 0 Å². The summed E-state index contributed by atoms with van der Waals surface area (Å²) in [5.74, 6) is -1.93. The molecule has 2 N–H and O–H groups in total. The van der Waals surface area contributed by atoms with Gasteiger partial charge in [0.1, 0.15) is 0 Å². The van der Waals surface area contributed by atoms with E-state index in [0.717, 1.165) is 15.7 Å². The van der Waals surface area contributed by atoms with Gasteiger partial charge in [0, 0.05) is 0 Å². The molecule has 0 aliphatic rings. The van der Waals surface area contributed by atoms with Crippen LogP contribution in [-0.2, 0) is 6.54 Å². The molecule has 0 spiro atoms. The minimum Gasteiger partial charge on any atom is -0.492 e. The Morgan fingerprint density at radius 2 is 1.85 bits per heavy atom. The second-order valence-electron chi connectivity index (χ2n) is 4.88. The van der Waals surface area contributed by atoms with Crippen LogP contribution in [0.1, 0.15) is 30.9 Å². The minimum atomic E-state index is -1.36. The van der Waals surface area contributed by atoms with Crippen LogP contribution in [-0.4, -0.2) is 14.7 Å². The first-order valence-corrected chi connectivity index (χ1v) is 6.20. The summed E-state index contributed by atoms with van der Waals surface area (Å²) >= 11 is 0. The number of nitrogens with zero attached hydrogens (tertiary/aromatic N) is 1. The Kier molecular flexibility index (Phi) is 3.74. The Labute approximate surface area is 114 Å². The number of nitrogens with one attached hydrogen (secondary N) is 1. The van der Waals surface area contributed by atoms with Gasteiger partial charge < -0.3 is 5.11 Å². The van der Waals surface area contributed by atoms with Crippen LogP contribution in [0.4, 0.5) is 4.39 Å². The Morgan fingerprint density at radius 1 is 1.25 bits per heavy atom. The molecule has 0 amide bonds. The average molecular weight is 278 g/mol. The molecule has 1 aromatic carbocycles. The van der Waals surface area contributed by atoms with Crippen molar-refractivity contribution in [2.45, 2.75) is 26.3 Å². The fraction of sp³-hybridized carbons (Fsp3) is 0.286. The van der Waals surface area contributed by atoms with Gasteiger partial charge in [0.25, 0.3) is 5.56 Å². The van der Waals surface area contributed by atoms with E-state index in [-0.39, 0.29) is 6.54 Å². The highest BCUT2D eigenvalue weighted by atomic mass is 19.1. The van der Waals surface area contributed by atoms with Gasteiger partial charge in [-0.3, -0.25) is 14.3 Å². The molecule has 0 unspecified atom stereocenters. The van der Waals surface area contributed by atoms with E-state index < -0.39 is 22.9 Å². The maximum atomic E-state index is 13.3. The van der Waals surface area contributed by atoms with E-state index >= 15 is 0 Å². The van der Waals surface area contributed by atoms with Gasteiger partial charge in [0.2, 0.25) is 11.7 Å². The highest BCUT2D eigenvalue weighted by Crippen LogP contribution is 2.16. The molecule has 0 bridgehead atoms. The highest BCUT2D eigenvalue weighted by Gasteiger charge is 2.13. The molecule has 1 heterocycles. The maximum absolute atomic E-state index is 13.3. The molecule has 0 atom stereocenters. The lowest BCUT2D eigenvalue weighted by Crippen LogP contribution is -2.32. The molecular weight excluding hydrogens is 263 g/mol. The van der Waals surface area contributed by atoms with Crippen LogP contribution in [0.5, 0.6) is 5.88 Å². The first kappa shape index (κ1) is 14.0. The van der Waals surface area contributed by atoms with Crippen molar-refractivity contribution >= 4 is 0 Å². The van der Waals surface area contributed by atoms with E-state index in [9.17, 15) is 19.1 Å². The Balaban J connectivity index is 2.38. The lowest BCUT2D eigenvalue weighted by atomic mass is 10.0. The van der Waals surface area contributed by atoms with Crippen LogP contribution < -0.4 is 11.2 Å². The van der Waals surface area contributed by atoms with E-state index in [1.807, 2.05) is 17.1 Å². The molecule has 0 saturated heterocycles. The average Bonchev–Trinajstić information content (AvgIpc) is 2.42. The molecule has 6 heteroatoms. The Hall–Kier alpha value is -2.37. The number of hydrogen-bond acceptors (Lipinski definition) is 3. The molecule has 0 fully saturated rings. The molecule has 106 valence electrons. The number of aromatic nitrogens is 2. The highest BCUT2D eigenvalue weighted by molar-refractivity contribution is 5.25. The van der Waals surface area contributed by atoms with E-state index in [1.54, 1.807) is 12.1 Å². The summed E-state index contributed by atoms with van der Waals surface area (Å²) in [6.45, 7) is 4.10. The molecule has 1 aromatic heterocycles. The number of benzene rings is 1. The molecule has 0 radical (unpaired) electrons. The summed E-state index contributed by atoms with van der Waals surface area (Å²) in [5, 5.41) is 9.53. The fourth-order valence-corrected chi connectivity index (χ4v) is 1.87. The lowest BCUT2D eigenvalue weighted by molar-refractivity contribution is 0.367. The van der Waals surface area contributed by atoms with E-state index in [4.69, 9.17) is 0 Å². The summed E-state index contributed by atoms with van der Waals surface area (Å²) in [5.41, 5.74) is -0.211. The number of aromatic amines is 1. The SMILES string of the molecule is CC(C)c1ccc(Cn2c(O)c(F)c(=O)[nH]c2=O)cc1. The normalized spacial score (nSPS) is 11.0. The molecular formula is C14H15FN2O3. The summed E-state index contributed by atoms with van der Waals surface area (Å²) in [6.07, 6.45) is 0. The Morgan fingerprint density at radius 3 is 2.40 bits per heavy atom. The largest absolute Gasteiger partial charge is 0.492 e. The van der Waals surface area contributed by atoms with Crippen LogP contribution in [0.25, 0.3) is 0 Å². The third kappa shape index (κ3) is 2.64. The minimum absolute atomic E-state index is 0.0171. The zero-order valence-electron chi connectivity index (χ0n) is 11.2. The van der Waals surface area contributed by atoms with Crippen molar-refractivity contribution in [3.8, 4) is 5.88 Å². The second-order valence-corrected chi connectivity index (χ2v) is 4.88. The molecule has 0 aliphatic heterocycles. The van der Waals surface area contributed by atoms with Gasteiger partial charge in [-0.2, -0.15) is 4.39 Å². The topological polar surface area (TPSA) is 75.1 Å². The summed E-state index contributed by atoms with van der Waals surface area (Å²) < 4.78 is 14.1. The van der Waals surface area contributed by atoms with Crippen molar-refractivity contribution in [2.24, 2.45) is 0 Å². The fourth-order valence-electron chi connectivity index (χ4n) is 1.87. The smallest absolute Gasteiger partial charge is 0.331 e. The van der Waals surface area contributed by atoms with Crippen LogP contribution in [0.2, 0.25) is 0 Å². The van der Waals surface area contributed by atoms with Crippen molar-refractivity contribution in [3.05, 3.63) is 62.0 Å².